The molecular formula is C23H29NO6. The summed E-state index contributed by atoms with van der Waals surface area (Å²) < 4.78 is 28.7. The summed E-state index contributed by atoms with van der Waals surface area (Å²) in [4.78, 5) is 16.9. The number of methoxy groups -OCH3 is 1. The average molecular weight is 415 g/mol. The Hall–Kier alpha value is -2.48. The molecule has 7 nitrogen and oxygen atoms in total. The molecule has 0 bridgehead atoms. The van der Waals surface area contributed by atoms with Crippen LogP contribution in [-0.2, 0) is 37.9 Å². The van der Waals surface area contributed by atoms with Gasteiger partial charge >= 0.3 is 5.97 Å². The Balaban J connectivity index is 1.94. The van der Waals surface area contributed by atoms with E-state index < -0.39 is 11.8 Å². The number of ether oxygens (including phenoxy) is 5. The van der Waals surface area contributed by atoms with Gasteiger partial charge in [-0.15, -0.1) is 0 Å². The molecule has 2 heterocycles. The molecule has 0 saturated carbocycles. The Morgan fingerprint density at radius 3 is 2.50 bits per heavy atom. The van der Waals surface area contributed by atoms with Gasteiger partial charge in [0, 0.05) is 17.5 Å². The minimum atomic E-state index is -0.971. The summed E-state index contributed by atoms with van der Waals surface area (Å²) in [5.41, 5.74) is 2.61. The molecule has 2 aromatic rings. The van der Waals surface area contributed by atoms with Crippen molar-refractivity contribution in [1.29, 1.82) is 0 Å². The summed E-state index contributed by atoms with van der Waals surface area (Å²) in [6, 6.07) is 11.6. The smallest absolute Gasteiger partial charge is 0.357 e. The molecular weight excluding hydrogens is 386 g/mol. The van der Waals surface area contributed by atoms with Gasteiger partial charge in [-0.2, -0.15) is 0 Å². The van der Waals surface area contributed by atoms with Crippen LogP contribution in [-0.4, -0.2) is 37.9 Å². The predicted octanol–water partition coefficient (Wildman–Crippen LogP) is 3.98. The maximum absolute atomic E-state index is 12.5. The number of hydrogen-bond acceptors (Lipinski definition) is 7. The first kappa shape index (κ1) is 22.2. The molecule has 0 N–H and O–H groups in total. The highest BCUT2D eigenvalue weighted by atomic mass is 16.7. The molecule has 0 atom stereocenters. The van der Waals surface area contributed by atoms with Crippen LogP contribution in [0, 0.1) is 0 Å². The topological polar surface area (TPSA) is 76.1 Å². The molecule has 0 aliphatic carbocycles. The van der Waals surface area contributed by atoms with Gasteiger partial charge < -0.3 is 23.7 Å². The third kappa shape index (κ3) is 4.98. The van der Waals surface area contributed by atoms with Crippen molar-refractivity contribution < 1.29 is 28.5 Å². The lowest BCUT2D eigenvalue weighted by Crippen LogP contribution is -2.29. The summed E-state index contributed by atoms with van der Waals surface area (Å²) in [6.07, 6.45) is 1.29. The molecule has 162 valence electrons. The lowest BCUT2D eigenvalue weighted by Gasteiger charge is -2.29. The van der Waals surface area contributed by atoms with Crippen molar-refractivity contribution in [2.24, 2.45) is 0 Å². The van der Waals surface area contributed by atoms with Crippen LogP contribution in [0.4, 0.5) is 0 Å². The molecule has 7 heteroatoms. The Bertz CT molecular complexity index is 833. The first-order valence-electron chi connectivity index (χ1n) is 10.3. The summed E-state index contributed by atoms with van der Waals surface area (Å²) in [6.45, 7) is 5.85. The molecule has 1 saturated heterocycles. The highest BCUT2D eigenvalue weighted by Gasteiger charge is 2.40. The normalized spacial score (nSPS) is 15.2. The Labute approximate surface area is 177 Å². The fraction of sp³-hybridized carbons (Fsp3) is 0.478. The maximum Gasteiger partial charge on any atom is 0.357 e. The lowest BCUT2D eigenvalue weighted by atomic mass is 9.97. The molecule has 0 radical (unpaired) electrons. The first-order chi connectivity index (χ1) is 14.6. The summed E-state index contributed by atoms with van der Waals surface area (Å²) in [7, 11) is 1.52. The number of benzene rings is 1. The first-order valence-corrected chi connectivity index (χ1v) is 10.3. The van der Waals surface area contributed by atoms with Crippen LogP contribution < -0.4 is 4.74 Å². The number of pyridine rings is 1. The molecule has 0 unspecified atom stereocenters. The van der Waals surface area contributed by atoms with Gasteiger partial charge in [-0.3, -0.25) is 0 Å². The van der Waals surface area contributed by atoms with Crippen molar-refractivity contribution in [3.05, 3.63) is 58.8 Å². The highest BCUT2D eigenvalue weighted by Crippen LogP contribution is 2.40. The number of aromatic nitrogens is 1. The molecule has 1 aromatic heterocycles. The van der Waals surface area contributed by atoms with Crippen LogP contribution in [0.25, 0.3) is 0 Å². The van der Waals surface area contributed by atoms with Gasteiger partial charge in [-0.25, -0.2) is 9.78 Å². The van der Waals surface area contributed by atoms with E-state index in [-0.39, 0.29) is 12.3 Å². The average Bonchev–Trinajstić information content (AvgIpc) is 3.28. The second-order valence-electron chi connectivity index (χ2n) is 6.96. The monoisotopic (exact) mass is 415 g/mol. The van der Waals surface area contributed by atoms with E-state index in [2.05, 4.69) is 4.98 Å². The summed E-state index contributed by atoms with van der Waals surface area (Å²) in [5.74, 6) is -1.17. The summed E-state index contributed by atoms with van der Waals surface area (Å²) in [5, 5.41) is 0. The maximum atomic E-state index is 12.5. The molecule has 1 aliphatic rings. The Kier molecular flexibility index (Phi) is 7.79. The zero-order valence-electron chi connectivity index (χ0n) is 17.8. The standard InChI is InChI=1S/C23H29NO6/c1-4-11-28-22(25)20-14-19(23(5-2)29-12-13-30-23)18(21(24-20)26-3)16-27-15-17-9-7-6-8-10-17/h6-10,14H,4-5,11-13,15-16H2,1-3H3. The van der Waals surface area contributed by atoms with E-state index in [0.29, 0.717) is 49.9 Å². The number of nitrogens with zero attached hydrogens (tertiary/aromatic N) is 1. The molecule has 30 heavy (non-hydrogen) atoms. The lowest BCUT2D eigenvalue weighted by molar-refractivity contribution is -0.168. The van der Waals surface area contributed by atoms with E-state index in [1.807, 2.05) is 44.2 Å². The van der Waals surface area contributed by atoms with E-state index in [9.17, 15) is 4.79 Å². The van der Waals surface area contributed by atoms with Crippen molar-refractivity contribution in [3.8, 4) is 5.88 Å². The van der Waals surface area contributed by atoms with Gasteiger partial charge in [-0.1, -0.05) is 44.2 Å². The number of hydrogen-bond donors (Lipinski definition) is 0. The number of rotatable bonds is 10. The van der Waals surface area contributed by atoms with E-state index in [1.54, 1.807) is 6.07 Å². The number of carbonyl (C=O) groups excluding carboxylic acids is 1. The molecule has 1 fully saturated rings. The largest absolute Gasteiger partial charge is 0.481 e. The van der Waals surface area contributed by atoms with Crippen LogP contribution in [0.15, 0.2) is 36.4 Å². The minimum Gasteiger partial charge on any atom is -0.481 e. The van der Waals surface area contributed by atoms with Gasteiger partial charge in [0.05, 0.1) is 40.1 Å². The third-order valence-corrected chi connectivity index (χ3v) is 4.91. The number of carbonyl (C=O) groups is 1. The minimum absolute atomic E-state index is 0.161. The van der Waals surface area contributed by atoms with E-state index in [0.717, 1.165) is 12.0 Å². The zero-order chi connectivity index (χ0) is 21.4. The zero-order valence-corrected chi connectivity index (χ0v) is 17.8. The Morgan fingerprint density at radius 2 is 1.87 bits per heavy atom. The van der Waals surface area contributed by atoms with E-state index in [1.165, 1.54) is 7.11 Å². The fourth-order valence-electron chi connectivity index (χ4n) is 3.42. The van der Waals surface area contributed by atoms with Crippen LogP contribution in [0.2, 0.25) is 0 Å². The van der Waals surface area contributed by atoms with Crippen LogP contribution in [0.1, 0.15) is 53.9 Å². The van der Waals surface area contributed by atoms with Gasteiger partial charge in [0.25, 0.3) is 0 Å². The van der Waals surface area contributed by atoms with E-state index in [4.69, 9.17) is 23.7 Å². The number of esters is 1. The van der Waals surface area contributed by atoms with Crippen molar-refractivity contribution in [3.63, 3.8) is 0 Å². The molecule has 3 rings (SSSR count). The van der Waals surface area contributed by atoms with Crippen LogP contribution in [0.5, 0.6) is 5.88 Å². The summed E-state index contributed by atoms with van der Waals surface area (Å²) >= 11 is 0. The molecule has 1 aliphatic heterocycles. The van der Waals surface area contributed by atoms with Crippen molar-refractivity contribution in [2.75, 3.05) is 26.9 Å². The SMILES string of the molecule is CCCOC(=O)c1cc(C2(CC)OCCO2)c(COCc2ccccc2)c(OC)n1. The fourth-order valence-corrected chi connectivity index (χ4v) is 3.42. The van der Waals surface area contributed by atoms with Gasteiger partial charge in [0.1, 0.15) is 0 Å². The Morgan fingerprint density at radius 1 is 1.13 bits per heavy atom. The van der Waals surface area contributed by atoms with E-state index >= 15 is 0 Å². The van der Waals surface area contributed by atoms with Crippen LogP contribution >= 0.6 is 0 Å². The van der Waals surface area contributed by atoms with Crippen molar-refractivity contribution in [1.82, 2.24) is 4.98 Å². The van der Waals surface area contributed by atoms with Gasteiger partial charge in [-0.05, 0) is 18.1 Å². The third-order valence-electron chi connectivity index (χ3n) is 4.91. The second-order valence-corrected chi connectivity index (χ2v) is 6.96. The molecule has 0 spiro atoms. The van der Waals surface area contributed by atoms with Gasteiger partial charge in [0.15, 0.2) is 11.5 Å². The highest BCUT2D eigenvalue weighted by molar-refractivity contribution is 5.88. The predicted molar refractivity (Wildman–Crippen MR) is 110 cm³/mol. The van der Waals surface area contributed by atoms with Gasteiger partial charge in [0.2, 0.25) is 5.88 Å². The molecule has 0 amide bonds. The van der Waals surface area contributed by atoms with Crippen LogP contribution in [0.3, 0.4) is 0 Å². The quantitative estimate of drug-likeness (QED) is 0.543. The second kappa shape index (κ2) is 10.5. The van der Waals surface area contributed by atoms with Crippen molar-refractivity contribution >= 4 is 5.97 Å². The molecule has 1 aromatic carbocycles. The van der Waals surface area contributed by atoms with Crippen molar-refractivity contribution in [2.45, 2.75) is 45.7 Å².